The van der Waals surface area contributed by atoms with Crippen LogP contribution in [0.1, 0.15) is 10.4 Å². The third-order valence-electron chi connectivity index (χ3n) is 3.95. The lowest BCUT2D eigenvalue weighted by Gasteiger charge is -2.10. The van der Waals surface area contributed by atoms with Crippen LogP contribution in [-0.4, -0.2) is 26.8 Å². The second-order valence-corrected chi connectivity index (χ2v) is 8.08. The molecule has 0 aliphatic rings. The van der Waals surface area contributed by atoms with Gasteiger partial charge in [0.15, 0.2) is 6.61 Å². The van der Waals surface area contributed by atoms with Gasteiger partial charge in [-0.15, -0.1) is 3.89 Å². The normalized spacial score (nSPS) is 10.9. The summed E-state index contributed by atoms with van der Waals surface area (Å²) in [5, 5.41) is 5.68. The summed E-state index contributed by atoms with van der Waals surface area (Å²) in [4.78, 5) is 23.9. The van der Waals surface area contributed by atoms with Crippen LogP contribution in [0.4, 0.5) is 15.3 Å². The number of carbonyl (C=O) groups excluding carboxylic acids is 2. The van der Waals surface area contributed by atoms with Crippen LogP contribution in [0.25, 0.3) is 0 Å². The van der Waals surface area contributed by atoms with Gasteiger partial charge >= 0.3 is 10.2 Å². The summed E-state index contributed by atoms with van der Waals surface area (Å²) in [5.41, 5.74) is 0.702. The lowest BCUT2D eigenvalue weighted by molar-refractivity contribution is -0.118. The fraction of sp³-hybridized carbons (Fsp3) is 0.0476. The Hall–Kier alpha value is -3.43. The zero-order valence-electron chi connectivity index (χ0n) is 15.8. The summed E-state index contributed by atoms with van der Waals surface area (Å²) in [6.07, 6.45) is 0. The Morgan fingerprint density at radius 3 is 2.29 bits per heavy atom. The molecule has 31 heavy (non-hydrogen) atoms. The molecule has 10 heteroatoms. The molecule has 0 saturated carbocycles. The third-order valence-corrected chi connectivity index (χ3v) is 5.00. The highest BCUT2D eigenvalue weighted by molar-refractivity contribution is 7.86. The summed E-state index contributed by atoms with van der Waals surface area (Å²) >= 11 is 5.86. The van der Waals surface area contributed by atoms with E-state index in [2.05, 4.69) is 10.6 Å². The van der Waals surface area contributed by atoms with Crippen LogP contribution < -0.4 is 15.4 Å². The maximum Gasteiger partial charge on any atom is 0.332 e. The van der Waals surface area contributed by atoms with Crippen LogP contribution in [-0.2, 0) is 15.0 Å². The summed E-state index contributed by atoms with van der Waals surface area (Å²) in [7, 11) is -4.93. The summed E-state index contributed by atoms with van der Waals surface area (Å²) < 4.78 is 40.5. The van der Waals surface area contributed by atoms with Gasteiger partial charge in [0.1, 0.15) is 5.75 Å². The second kappa shape index (κ2) is 9.59. The van der Waals surface area contributed by atoms with Crippen molar-refractivity contribution in [1.29, 1.82) is 0 Å². The largest absolute Gasteiger partial charge is 0.484 e. The molecule has 0 aromatic heterocycles. The zero-order chi connectivity index (χ0) is 22.4. The lowest BCUT2D eigenvalue weighted by atomic mass is 10.2. The van der Waals surface area contributed by atoms with Crippen molar-refractivity contribution in [3.8, 4) is 5.75 Å². The van der Waals surface area contributed by atoms with E-state index in [1.807, 2.05) is 0 Å². The number of rotatable bonds is 7. The topological polar surface area (TPSA) is 102 Å². The quantitative estimate of drug-likeness (QED) is 0.510. The van der Waals surface area contributed by atoms with Crippen molar-refractivity contribution in [3.05, 3.63) is 83.4 Å². The molecule has 0 atom stereocenters. The fourth-order valence-corrected chi connectivity index (χ4v) is 3.26. The van der Waals surface area contributed by atoms with Crippen molar-refractivity contribution in [3.63, 3.8) is 0 Å². The predicted molar refractivity (Wildman–Crippen MR) is 115 cm³/mol. The molecule has 0 aliphatic heterocycles. The zero-order valence-corrected chi connectivity index (χ0v) is 17.4. The minimum Gasteiger partial charge on any atom is -0.484 e. The van der Waals surface area contributed by atoms with Crippen LogP contribution >= 0.6 is 11.6 Å². The molecule has 2 amide bonds. The third kappa shape index (κ3) is 6.53. The Labute approximate surface area is 183 Å². The molecule has 0 bridgehead atoms. The van der Waals surface area contributed by atoms with Crippen LogP contribution in [0.3, 0.4) is 0 Å². The Kier molecular flexibility index (Phi) is 6.88. The van der Waals surface area contributed by atoms with E-state index in [1.165, 1.54) is 18.2 Å². The van der Waals surface area contributed by atoms with Gasteiger partial charge in [0.25, 0.3) is 11.8 Å². The predicted octanol–water partition coefficient (Wildman–Crippen LogP) is 4.27. The maximum atomic E-state index is 13.1. The molecule has 0 radical (unpaired) electrons. The van der Waals surface area contributed by atoms with E-state index < -0.39 is 26.9 Å². The van der Waals surface area contributed by atoms with Gasteiger partial charge in [-0.05, 0) is 54.6 Å². The molecule has 3 aromatic carbocycles. The molecule has 0 aliphatic carbocycles. The first-order chi connectivity index (χ1) is 14.7. The van der Waals surface area contributed by atoms with Gasteiger partial charge in [-0.1, -0.05) is 29.8 Å². The van der Waals surface area contributed by atoms with Gasteiger partial charge in [-0.2, -0.15) is 8.42 Å². The number of amides is 2. The van der Waals surface area contributed by atoms with Crippen molar-refractivity contribution in [2.45, 2.75) is 4.90 Å². The Balaban J connectivity index is 1.62. The highest BCUT2D eigenvalue weighted by Gasteiger charge is 2.15. The van der Waals surface area contributed by atoms with Gasteiger partial charge in [-0.25, -0.2) is 0 Å². The lowest BCUT2D eigenvalue weighted by Crippen LogP contribution is -2.20. The fourth-order valence-electron chi connectivity index (χ4n) is 2.57. The molecule has 0 unspecified atom stereocenters. The molecule has 160 valence electrons. The first-order valence-electron chi connectivity index (χ1n) is 8.85. The number of carbonyl (C=O) groups is 2. The molecule has 7 nitrogen and oxygen atoms in total. The van der Waals surface area contributed by atoms with Crippen LogP contribution in [0.15, 0.2) is 77.7 Å². The molecule has 0 saturated heterocycles. The minimum absolute atomic E-state index is 0.0388. The smallest absolute Gasteiger partial charge is 0.332 e. The highest BCUT2D eigenvalue weighted by atomic mass is 35.5. The average molecular weight is 463 g/mol. The van der Waals surface area contributed by atoms with E-state index in [0.29, 0.717) is 22.1 Å². The summed E-state index contributed by atoms with van der Waals surface area (Å²) in [5.74, 6) is -0.622. The van der Waals surface area contributed by atoms with Crippen LogP contribution in [0, 0.1) is 0 Å². The standard InChI is InChI=1S/C21H16ClFN2O5S/c22-15-5-2-8-18(11-15)30-13-20(26)24-16-6-3-7-17(12-16)25-21(27)14-4-1-9-19(10-14)31(23,28)29/h1-12H,13H2,(H,24,26)(H,25,27). The molecular weight excluding hydrogens is 447 g/mol. The van der Waals surface area contributed by atoms with Gasteiger partial charge in [0.2, 0.25) is 0 Å². The highest BCUT2D eigenvalue weighted by Crippen LogP contribution is 2.19. The SMILES string of the molecule is O=C(COc1cccc(Cl)c1)Nc1cccc(NC(=O)c2cccc(S(=O)(=O)F)c2)c1. The molecule has 0 fully saturated rings. The first kappa shape index (κ1) is 22.3. The van der Waals surface area contributed by atoms with Crippen molar-refractivity contribution < 1.29 is 26.6 Å². The first-order valence-corrected chi connectivity index (χ1v) is 10.6. The number of halogens is 2. The Bertz CT molecular complexity index is 1230. The van der Waals surface area contributed by atoms with E-state index in [4.69, 9.17) is 16.3 Å². The molecule has 3 aromatic rings. The Morgan fingerprint density at radius 2 is 1.58 bits per heavy atom. The van der Waals surface area contributed by atoms with E-state index in [-0.39, 0.29) is 12.2 Å². The van der Waals surface area contributed by atoms with Gasteiger partial charge in [0, 0.05) is 22.0 Å². The van der Waals surface area contributed by atoms with Crippen molar-refractivity contribution >= 4 is 45.0 Å². The van der Waals surface area contributed by atoms with Gasteiger partial charge in [-0.3, -0.25) is 9.59 Å². The molecule has 3 rings (SSSR count). The van der Waals surface area contributed by atoms with Crippen LogP contribution in [0.5, 0.6) is 5.75 Å². The van der Waals surface area contributed by atoms with E-state index in [0.717, 1.165) is 12.1 Å². The summed E-state index contributed by atoms with van der Waals surface area (Å²) in [6, 6.07) is 17.5. The summed E-state index contributed by atoms with van der Waals surface area (Å²) in [6.45, 7) is -0.249. The number of ether oxygens (including phenoxy) is 1. The minimum atomic E-state index is -4.93. The number of hydrogen-bond acceptors (Lipinski definition) is 5. The van der Waals surface area contributed by atoms with Crippen LogP contribution in [0.2, 0.25) is 5.02 Å². The second-order valence-electron chi connectivity index (χ2n) is 6.29. The number of anilines is 2. The van der Waals surface area contributed by atoms with E-state index >= 15 is 0 Å². The van der Waals surface area contributed by atoms with Gasteiger partial charge < -0.3 is 15.4 Å². The number of nitrogens with one attached hydrogen (secondary N) is 2. The van der Waals surface area contributed by atoms with Crippen molar-refractivity contribution in [2.24, 2.45) is 0 Å². The Morgan fingerprint density at radius 1 is 0.903 bits per heavy atom. The number of hydrogen-bond donors (Lipinski definition) is 2. The number of benzene rings is 3. The molecular formula is C21H16ClFN2O5S. The molecule has 0 spiro atoms. The molecule has 0 heterocycles. The average Bonchev–Trinajstić information content (AvgIpc) is 2.72. The van der Waals surface area contributed by atoms with Crippen molar-refractivity contribution in [1.82, 2.24) is 0 Å². The van der Waals surface area contributed by atoms with E-state index in [9.17, 15) is 21.9 Å². The molecule has 2 N–H and O–H groups in total. The van der Waals surface area contributed by atoms with Gasteiger partial charge in [0.05, 0.1) is 4.90 Å². The maximum absolute atomic E-state index is 13.1. The monoisotopic (exact) mass is 462 g/mol. The van der Waals surface area contributed by atoms with E-state index in [1.54, 1.807) is 42.5 Å². The van der Waals surface area contributed by atoms with Crippen molar-refractivity contribution in [2.75, 3.05) is 17.2 Å².